The van der Waals surface area contributed by atoms with Gasteiger partial charge in [0.1, 0.15) is 0 Å². The van der Waals surface area contributed by atoms with Gasteiger partial charge in [0.15, 0.2) is 0 Å². The van der Waals surface area contributed by atoms with E-state index in [1.807, 2.05) is 0 Å². The molecular weight excluding hydrogens is 276 g/mol. The number of nitro groups is 1. The average Bonchev–Trinajstić information content (AvgIpc) is 2.37. The summed E-state index contributed by atoms with van der Waals surface area (Å²) in [5, 5.41) is 22.1. The van der Waals surface area contributed by atoms with Crippen LogP contribution in [-0.2, 0) is 4.79 Å². The van der Waals surface area contributed by atoms with Crippen LogP contribution in [0.4, 0.5) is 5.69 Å². The van der Waals surface area contributed by atoms with Crippen LogP contribution in [0.15, 0.2) is 18.2 Å². The number of carbonyl (C=O) groups excluding carboxylic acids is 1. The highest BCUT2D eigenvalue weighted by Crippen LogP contribution is 2.21. The van der Waals surface area contributed by atoms with Crippen LogP contribution in [0.2, 0.25) is 0 Å². The molecule has 0 aliphatic heterocycles. The summed E-state index contributed by atoms with van der Waals surface area (Å²) < 4.78 is 0. The largest absolute Gasteiger partial charge is 0.481 e. The molecule has 0 aromatic heterocycles. The minimum atomic E-state index is -0.872. The van der Waals surface area contributed by atoms with E-state index in [1.54, 1.807) is 6.92 Å². The highest BCUT2D eigenvalue weighted by molar-refractivity contribution is 5.96. The highest BCUT2D eigenvalue weighted by atomic mass is 16.6. The van der Waals surface area contributed by atoms with E-state index in [0.717, 1.165) is 0 Å². The lowest BCUT2D eigenvalue weighted by atomic mass is 10.1. The predicted octanol–water partition coefficient (Wildman–Crippen LogP) is 2.28. The molecule has 0 radical (unpaired) electrons. The minimum Gasteiger partial charge on any atom is -0.481 e. The smallest absolute Gasteiger partial charge is 0.303 e. The summed E-state index contributed by atoms with van der Waals surface area (Å²) in [5.41, 5.74) is 0.480. The molecule has 0 heterocycles. The van der Waals surface area contributed by atoms with E-state index in [-0.39, 0.29) is 29.6 Å². The predicted molar refractivity (Wildman–Crippen MR) is 76.2 cm³/mol. The number of nitro benzene ring substituents is 1. The Morgan fingerprint density at radius 2 is 2.10 bits per heavy atom. The number of nitrogens with one attached hydrogen (secondary N) is 1. The number of aliphatic carboxylic acids is 1. The van der Waals surface area contributed by atoms with E-state index in [0.29, 0.717) is 18.4 Å². The van der Waals surface area contributed by atoms with Gasteiger partial charge in [-0.1, -0.05) is 6.07 Å². The van der Waals surface area contributed by atoms with E-state index in [4.69, 9.17) is 5.11 Å². The number of hydrogen-bond donors (Lipinski definition) is 2. The number of amides is 1. The molecule has 0 fully saturated rings. The van der Waals surface area contributed by atoms with Gasteiger partial charge in [-0.3, -0.25) is 19.7 Å². The first-order valence-electron chi connectivity index (χ1n) is 6.59. The lowest BCUT2D eigenvalue weighted by Gasteiger charge is -2.14. The summed E-state index contributed by atoms with van der Waals surface area (Å²) in [4.78, 5) is 32.8. The van der Waals surface area contributed by atoms with Gasteiger partial charge < -0.3 is 10.4 Å². The molecule has 1 atom stereocenters. The second kappa shape index (κ2) is 7.37. The molecule has 0 saturated heterocycles. The lowest BCUT2D eigenvalue weighted by Crippen LogP contribution is -2.33. The van der Waals surface area contributed by atoms with E-state index in [2.05, 4.69) is 5.32 Å². The first kappa shape index (κ1) is 16.6. The van der Waals surface area contributed by atoms with Crippen molar-refractivity contribution in [3.63, 3.8) is 0 Å². The Morgan fingerprint density at radius 3 is 2.67 bits per heavy atom. The second-order valence-corrected chi connectivity index (χ2v) is 4.87. The minimum absolute atomic E-state index is 0.0516. The third-order valence-electron chi connectivity index (χ3n) is 3.15. The van der Waals surface area contributed by atoms with E-state index >= 15 is 0 Å². The normalized spacial score (nSPS) is 11.7. The molecule has 0 aliphatic rings. The second-order valence-electron chi connectivity index (χ2n) is 4.87. The molecule has 7 nitrogen and oxygen atoms in total. The van der Waals surface area contributed by atoms with Gasteiger partial charge in [-0.25, -0.2) is 0 Å². The molecule has 1 rings (SSSR count). The number of nitrogens with zero attached hydrogens (tertiary/aromatic N) is 1. The van der Waals surface area contributed by atoms with Gasteiger partial charge in [0.25, 0.3) is 11.6 Å². The number of carbonyl (C=O) groups is 2. The highest BCUT2D eigenvalue weighted by Gasteiger charge is 2.18. The summed E-state index contributed by atoms with van der Waals surface area (Å²) in [6.45, 7) is 3.30. The molecule has 7 heteroatoms. The van der Waals surface area contributed by atoms with E-state index in [1.165, 1.54) is 25.1 Å². The Kier molecular flexibility index (Phi) is 5.83. The number of carboxylic acid groups (broad SMARTS) is 1. The Labute approximate surface area is 122 Å². The Balaban J connectivity index is 2.69. The van der Waals surface area contributed by atoms with Crippen LogP contribution in [-0.4, -0.2) is 27.9 Å². The molecule has 0 saturated carbocycles. The molecule has 114 valence electrons. The third kappa shape index (κ3) is 4.87. The molecule has 2 N–H and O–H groups in total. The molecule has 1 amide bonds. The van der Waals surface area contributed by atoms with Crippen LogP contribution in [0, 0.1) is 17.0 Å². The SMILES string of the molecule is Cc1c(C(=O)NC(C)CCCC(=O)O)cccc1[N+](=O)[O-]. The van der Waals surface area contributed by atoms with Crippen LogP contribution in [0.5, 0.6) is 0 Å². The number of hydrogen-bond acceptors (Lipinski definition) is 4. The van der Waals surface area contributed by atoms with Crippen LogP contribution in [0.3, 0.4) is 0 Å². The fourth-order valence-corrected chi connectivity index (χ4v) is 2.00. The first-order valence-corrected chi connectivity index (χ1v) is 6.59. The van der Waals surface area contributed by atoms with Gasteiger partial charge in [-0.2, -0.15) is 0 Å². The van der Waals surface area contributed by atoms with Crippen molar-refractivity contribution >= 4 is 17.6 Å². The van der Waals surface area contributed by atoms with Crippen molar-refractivity contribution in [1.29, 1.82) is 0 Å². The fraction of sp³-hybridized carbons (Fsp3) is 0.429. The van der Waals surface area contributed by atoms with Crippen molar-refractivity contribution in [2.24, 2.45) is 0 Å². The van der Waals surface area contributed by atoms with Crippen LogP contribution in [0.1, 0.15) is 42.1 Å². The number of benzene rings is 1. The molecule has 1 aromatic carbocycles. The fourth-order valence-electron chi connectivity index (χ4n) is 2.00. The quantitative estimate of drug-likeness (QED) is 0.592. The Morgan fingerprint density at radius 1 is 1.43 bits per heavy atom. The van der Waals surface area contributed by atoms with Gasteiger partial charge >= 0.3 is 5.97 Å². The molecule has 1 aromatic rings. The van der Waals surface area contributed by atoms with Gasteiger partial charge in [0.2, 0.25) is 0 Å². The summed E-state index contributed by atoms with van der Waals surface area (Å²) in [5.74, 6) is -1.26. The zero-order chi connectivity index (χ0) is 16.0. The third-order valence-corrected chi connectivity index (χ3v) is 3.15. The molecule has 0 aliphatic carbocycles. The topological polar surface area (TPSA) is 110 Å². The monoisotopic (exact) mass is 294 g/mol. The van der Waals surface area contributed by atoms with Crippen LogP contribution >= 0.6 is 0 Å². The maximum Gasteiger partial charge on any atom is 0.303 e. The van der Waals surface area contributed by atoms with Gasteiger partial charge in [-0.05, 0) is 32.8 Å². The summed E-state index contributed by atoms with van der Waals surface area (Å²) >= 11 is 0. The number of rotatable bonds is 7. The molecular formula is C14H18N2O5. The molecule has 0 spiro atoms. The first-order chi connectivity index (χ1) is 9.82. The van der Waals surface area contributed by atoms with Crippen molar-refractivity contribution in [2.75, 3.05) is 0 Å². The maximum absolute atomic E-state index is 12.1. The summed E-state index contributed by atoms with van der Waals surface area (Å²) in [6.07, 6.45) is 1.05. The molecule has 0 bridgehead atoms. The zero-order valence-electron chi connectivity index (χ0n) is 12.0. The lowest BCUT2D eigenvalue weighted by molar-refractivity contribution is -0.385. The Bertz CT molecular complexity index is 556. The molecule has 21 heavy (non-hydrogen) atoms. The van der Waals surface area contributed by atoms with Crippen molar-refractivity contribution in [1.82, 2.24) is 5.32 Å². The average molecular weight is 294 g/mol. The van der Waals surface area contributed by atoms with Gasteiger partial charge in [-0.15, -0.1) is 0 Å². The molecule has 1 unspecified atom stereocenters. The van der Waals surface area contributed by atoms with E-state index in [9.17, 15) is 19.7 Å². The number of carboxylic acids is 1. The van der Waals surface area contributed by atoms with Gasteiger partial charge in [0.05, 0.1) is 4.92 Å². The van der Waals surface area contributed by atoms with Crippen LogP contribution in [0.25, 0.3) is 0 Å². The summed E-state index contributed by atoms with van der Waals surface area (Å²) in [6, 6.07) is 4.15. The van der Waals surface area contributed by atoms with Crippen molar-refractivity contribution in [3.05, 3.63) is 39.4 Å². The van der Waals surface area contributed by atoms with Crippen molar-refractivity contribution in [2.45, 2.75) is 39.2 Å². The summed E-state index contributed by atoms with van der Waals surface area (Å²) in [7, 11) is 0. The standard InChI is InChI=1S/C14H18N2O5/c1-9(5-3-8-13(17)18)15-14(19)11-6-4-7-12(10(11)2)16(20)21/h4,6-7,9H,3,5,8H2,1-2H3,(H,15,19)(H,17,18). The van der Waals surface area contributed by atoms with Gasteiger partial charge in [0, 0.05) is 29.7 Å². The van der Waals surface area contributed by atoms with Crippen LogP contribution < -0.4 is 5.32 Å². The van der Waals surface area contributed by atoms with Crippen molar-refractivity contribution in [3.8, 4) is 0 Å². The maximum atomic E-state index is 12.1. The van der Waals surface area contributed by atoms with E-state index < -0.39 is 10.9 Å². The zero-order valence-corrected chi connectivity index (χ0v) is 12.0. The van der Waals surface area contributed by atoms with Crippen molar-refractivity contribution < 1.29 is 19.6 Å². The Hall–Kier alpha value is -2.44.